The van der Waals surface area contributed by atoms with Gasteiger partial charge in [0.25, 0.3) is 5.91 Å². The second-order valence-corrected chi connectivity index (χ2v) is 8.32. The summed E-state index contributed by atoms with van der Waals surface area (Å²) in [6.07, 6.45) is 0. The molecule has 4 rings (SSSR count). The Kier molecular flexibility index (Phi) is 5.92. The summed E-state index contributed by atoms with van der Waals surface area (Å²) in [5, 5.41) is 11.5. The van der Waals surface area contributed by atoms with Gasteiger partial charge >= 0.3 is 0 Å². The highest BCUT2D eigenvalue weighted by Gasteiger charge is 2.19. The lowest BCUT2D eigenvalue weighted by atomic mass is 9.85. The molecule has 0 bridgehead atoms. The van der Waals surface area contributed by atoms with Crippen molar-refractivity contribution >= 4 is 16.7 Å². The Bertz CT molecular complexity index is 1120. The predicted molar refractivity (Wildman–Crippen MR) is 121 cm³/mol. The van der Waals surface area contributed by atoms with Gasteiger partial charge in [-0.1, -0.05) is 42.5 Å². The van der Waals surface area contributed by atoms with Crippen molar-refractivity contribution < 1.29 is 14.3 Å². The zero-order valence-corrected chi connectivity index (χ0v) is 17.9. The van der Waals surface area contributed by atoms with Crippen LogP contribution in [0.1, 0.15) is 19.4 Å². The molecule has 5 heteroatoms. The third-order valence-corrected chi connectivity index (χ3v) is 5.76. The number of hydrogen-bond acceptors (Lipinski definition) is 4. The lowest BCUT2D eigenvalue weighted by molar-refractivity contribution is -0.137. The number of benzene rings is 3. The molecule has 0 atom stereocenters. The fourth-order valence-electron chi connectivity index (χ4n) is 3.69. The predicted octanol–water partition coefficient (Wildman–Crippen LogP) is 4.55. The molecule has 0 unspecified atom stereocenters. The fourth-order valence-corrected chi connectivity index (χ4v) is 3.69. The first-order chi connectivity index (χ1) is 15.0. The first kappa shape index (κ1) is 20.9. The molecule has 1 aliphatic heterocycles. The van der Waals surface area contributed by atoms with E-state index in [-0.39, 0.29) is 12.5 Å². The highest BCUT2D eigenvalue weighted by molar-refractivity contribution is 5.88. The SMILES string of the molecule is CC(C)(C#N)c1ccc(-c2ccc3cc(OCC(=O)N4CCOCC4)ccc3c2)cc1. The molecule has 3 aromatic carbocycles. The van der Waals surface area contributed by atoms with Gasteiger partial charge in [-0.15, -0.1) is 0 Å². The summed E-state index contributed by atoms with van der Waals surface area (Å²) in [5.74, 6) is 0.673. The molecule has 5 nitrogen and oxygen atoms in total. The molecule has 158 valence electrons. The number of nitriles is 1. The highest BCUT2D eigenvalue weighted by Crippen LogP contribution is 2.29. The number of ether oxygens (including phenoxy) is 2. The number of carbonyl (C=O) groups is 1. The van der Waals surface area contributed by atoms with E-state index in [9.17, 15) is 10.1 Å². The van der Waals surface area contributed by atoms with Gasteiger partial charge in [0, 0.05) is 13.1 Å². The van der Waals surface area contributed by atoms with Gasteiger partial charge in [0.15, 0.2) is 6.61 Å². The first-order valence-electron chi connectivity index (χ1n) is 10.5. The Labute approximate surface area is 182 Å². The van der Waals surface area contributed by atoms with Crippen LogP contribution in [0.2, 0.25) is 0 Å². The second kappa shape index (κ2) is 8.79. The normalized spacial score (nSPS) is 14.3. The van der Waals surface area contributed by atoms with Crippen LogP contribution in [0, 0.1) is 11.3 Å². The zero-order valence-electron chi connectivity index (χ0n) is 17.9. The van der Waals surface area contributed by atoms with E-state index < -0.39 is 5.41 Å². The quantitative estimate of drug-likeness (QED) is 0.615. The molecule has 1 fully saturated rings. The van der Waals surface area contributed by atoms with Crippen molar-refractivity contribution in [3.05, 3.63) is 66.2 Å². The summed E-state index contributed by atoms with van der Waals surface area (Å²) in [5.41, 5.74) is 2.73. The van der Waals surface area contributed by atoms with Crippen LogP contribution in [0.4, 0.5) is 0 Å². The third kappa shape index (κ3) is 4.70. The third-order valence-electron chi connectivity index (χ3n) is 5.76. The van der Waals surface area contributed by atoms with Gasteiger partial charge in [-0.3, -0.25) is 4.79 Å². The van der Waals surface area contributed by atoms with Crippen molar-refractivity contribution in [2.24, 2.45) is 0 Å². The summed E-state index contributed by atoms with van der Waals surface area (Å²) in [4.78, 5) is 14.0. The van der Waals surface area contributed by atoms with E-state index in [1.807, 2.05) is 44.2 Å². The van der Waals surface area contributed by atoms with E-state index in [1.165, 1.54) is 0 Å². The van der Waals surface area contributed by atoms with E-state index in [0.29, 0.717) is 32.1 Å². The summed E-state index contributed by atoms with van der Waals surface area (Å²) < 4.78 is 11.0. The molecule has 0 aliphatic carbocycles. The Balaban J connectivity index is 1.47. The molecular weight excluding hydrogens is 388 g/mol. The Morgan fingerprint density at radius 3 is 2.35 bits per heavy atom. The number of nitrogens with zero attached hydrogens (tertiary/aromatic N) is 2. The number of amides is 1. The second-order valence-electron chi connectivity index (χ2n) is 8.32. The topological polar surface area (TPSA) is 62.6 Å². The summed E-state index contributed by atoms with van der Waals surface area (Å²) >= 11 is 0. The van der Waals surface area contributed by atoms with Gasteiger partial charge in [0.2, 0.25) is 0 Å². The summed E-state index contributed by atoms with van der Waals surface area (Å²) in [6, 6.07) is 22.7. The maximum Gasteiger partial charge on any atom is 0.260 e. The van der Waals surface area contributed by atoms with Crippen molar-refractivity contribution in [2.45, 2.75) is 19.3 Å². The summed E-state index contributed by atoms with van der Waals surface area (Å²) in [6.45, 7) is 6.30. The van der Waals surface area contributed by atoms with Gasteiger partial charge < -0.3 is 14.4 Å². The number of rotatable bonds is 5. The van der Waals surface area contributed by atoms with E-state index in [2.05, 4.69) is 36.4 Å². The van der Waals surface area contributed by atoms with Crippen LogP contribution >= 0.6 is 0 Å². The standard InChI is InChI=1S/C26H26N2O3/c1-26(2,18-27)23-8-5-19(6-9-23)20-3-4-22-16-24(10-7-21(22)15-20)31-17-25(29)28-11-13-30-14-12-28/h3-10,15-16H,11-14,17H2,1-2H3. The minimum absolute atomic E-state index is 0.0123. The first-order valence-corrected chi connectivity index (χ1v) is 10.5. The van der Waals surface area contributed by atoms with Crippen LogP contribution in [-0.2, 0) is 14.9 Å². The maximum absolute atomic E-state index is 12.3. The molecule has 1 saturated heterocycles. The van der Waals surface area contributed by atoms with E-state index in [1.54, 1.807) is 4.90 Å². The molecule has 1 heterocycles. The van der Waals surface area contributed by atoms with E-state index >= 15 is 0 Å². The van der Waals surface area contributed by atoms with Gasteiger partial charge in [0.05, 0.1) is 24.7 Å². The average Bonchev–Trinajstić information content (AvgIpc) is 2.82. The average molecular weight is 415 g/mol. The van der Waals surface area contributed by atoms with E-state index in [0.717, 1.165) is 27.5 Å². The molecule has 0 N–H and O–H groups in total. The molecule has 3 aromatic rings. The maximum atomic E-state index is 12.3. The van der Waals surface area contributed by atoms with Crippen LogP contribution in [0.5, 0.6) is 5.75 Å². The molecular formula is C26H26N2O3. The highest BCUT2D eigenvalue weighted by atomic mass is 16.5. The van der Waals surface area contributed by atoms with Gasteiger partial charge in [-0.25, -0.2) is 0 Å². The molecule has 0 saturated carbocycles. The summed E-state index contributed by atoms with van der Waals surface area (Å²) in [7, 11) is 0. The lowest BCUT2D eigenvalue weighted by Crippen LogP contribution is -2.42. The zero-order chi connectivity index (χ0) is 21.8. The number of carbonyl (C=O) groups excluding carboxylic acids is 1. The van der Waals surface area contributed by atoms with Crippen LogP contribution in [-0.4, -0.2) is 43.7 Å². The fraction of sp³-hybridized carbons (Fsp3) is 0.308. The van der Waals surface area contributed by atoms with Crippen LogP contribution in [0.3, 0.4) is 0 Å². The lowest BCUT2D eigenvalue weighted by Gasteiger charge is -2.26. The van der Waals surface area contributed by atoms with Gasteiger partial charge in [-0.2, -0.15) is 5.26 Å². The molecule has 31 heavy (non-hydrogen) atoms. The van der Waals surface area contributed by atoms with Crippen molar-refractivity contribution in [1.29, 1.82) is 5.26 Å². The molecule has 1 amide bonds. The van der Waals surface area contributed by atoms with Gasteiger partial charge in [-0.05, 0) is 59.5 Å². The Morgan fingerprint density at radius 2 is 1.65 bits per heavy atom. The number of morpholine rings is 1. The molecule has 1 aliphatic rings. The van der Waals surface area contributed by atoms with E-state index in [4.69, 9.17) is 9.47 Å². The van der Waals surface area contributed by atoms with Crippen molar-refractivity contribution in [2.75, 3.05) is 32.9 Å². The number of fused-ring (bicyclic) bond motifs is 1. The minimum atomic E-state index is -0.499. The van der Waals surface area contributed by atoms with Crippen LogP contribution in [0.25, 0.3) is 21.9 Å². The molecule has 0 aromatic heterocycles. The van der Waals surface area contributed by atoms with Crippen molar-refractivity contribution in [1.82, 2.24) is 4.90 Å². The van der Waals surface area contributed by atoms with Gasteiger partial charge in [0.1, 0.15) is 5.75 Å². The molecule has 0 radical (unpaired) electrons. The number of hydrogen-bond donors (Lipinski definition) is 0. The van der Waals surface area contributed by atoms with Crippen LogP contribution < -0.4 is 4.74 Å². The monoisotopic (exact) mass is 414 g/mol. The van der Waals surface area contributed by atoms with Crippen LogP contribution in [0.15, 0.2) is 60.7 Å². The largest absolute Gasteiger partial charge is 0.484 e. The Morgan fingerprint density at radius 1 is 1.00 bits per heavy atom. The molecule has 0 spiro atoms. The minimum Gasteiger partial charge on any atom is -0.484 e. The Hall–Kier alpha value is -3.36. The van der Waals surface area contributed by atoms with Crippen molar-refractivity contribution in [3.63, 3.8) is 0 Å². The smallest absolute Gasteiger partial charge is 0.260 e. The van der Waals surface area contributed by atoms with Crippen molar-refractivity contribution in [3.8, 4) is 22.9 Å².